The lowest BCUT2D eigenvalue weighted by molar-refractivity contribution is 0.0692. The molecule has 2 rings (SSSR count). The predicted molar refractivity (Wildman–Crippen MR) is 62.7 cm³/mol. The van der Waals surface area contributed by atoms with E-state index in [0.717, 1.165) is 16.7 Å². The van der Waals surface area contributed by atoms with Crippen LogP contribution in [-0.4, -0.2) is 16.1 Å². The summed E-state index contributed by atoms with van der Waals surface area (Å²) in [4.78, 5) is 13.7. The molecule has 0 aliphatic carbocycles. The largest absolute Gasteiger partial charge is 0.477 e. The number of carboxylic acids is 1. The first kappa shape index (κ1) is 10.5. The number of nitrogens with one attached hydrogen (secondary N) is 1. The van der Waals surface area contributed by atoms with E-state index in [1.54, 1.807) is 12.3 Å². The minimum absolute atomic E-state index is 0.243. The molecular formula is C13H13NO2. The van der Waals surface area contributed by atoms with Crippen LogP contribution in [0.3, 0.4) is 0 Å². The zero-order valence-corrected chi connectivity index (χ0v) is 9.24. The number of carboxylic acid groups (broad SMARTS) is 1. The van der Waals surface area contributed by atoms with Crippen molar-refractivity contribution >= 4 is 5.97 Å². The van der Waals surface area contributed by atoms with Gasteiger partial charge in [-0.1, -0.05) is 23.8 Å². The molecule has 0 spiro atoms. The number of aryl methyl sites for hydroxylation is 2. The van der Waals surface area contributed by atoms with Crippen molar-refractivity contribution in [2.75, 3.05) is 0 Å². The van der Waals surface area contributed by atoms with E-state index in [1.165, 1.54) is 5.56 Å². The van der Waals surface area contributed by atoms with Crippen molar-refractivity contribution in [3.63, 3.8) is 0 Å². The van der Waals surface area contributed by atoms with E-state index in [1.807, 2.05) is 32.0 Å². The summed E-state index contributed by atoms with van der Waals surface area (Å²) in [5.41, 5.74) is 4.21. The normalized spacial score (nSPS) is 10.4. The van der Waals surface area contributed by atoms with Crippen molar-refractivity contribution in [2.45, 2.75) is 13.8 Å². The van der Waals surface area contributed by atoms with Crippen LogP contribution in [0.2, 0.25) is 0 Å². The van der Waals surface area contributed by atoms with Crippen molar-refractivity contribution in [1.29, 1.82) is 0 Å². The maximum Gasteiger partial charge on any atom is 0.352 e. The summed E-state index contributed by atoms with van der Waals surface area (Å²) in [5.74, 6) is -0.931. The van der Waals surface area contributed by atoms with E-state index in [2.05, 4.69) is 4.98 Å². The molecule has 0 saturated heterocycles. The predicted octanol–water partition coefficient (Wildman–Crippen LogP) is 3.00. The molecule has 3 heteroatoms. The summed E-state index contributed by atoms with van der Waals surface area (Å²) < 4.78 is 0. The number of carbonyl (C=O) groups is 1. The second-order valence-corrected chi connectivity index (χ2v) is 3.89. The van der Waals surface area contributed by atoms with Crippen LogP contribution in [0, 0.1) is 13.8 Å². The minimum atomic E-state index is -0.931. The number of H-pyrrole nitrogens is 1. The Hall–Kier alpha value is -2.03. The molecule has 3 nitrogen and oxygen atoms in total. The average Bonchev–Trinajstić information content (AvgIpc) is 2.66. The lowest BCUT2D eigenvalue weighted by atomic mass is 9.99. The molecule has 1 heterocycles. The summed E-state index contributed by atoms with van der Waals surface area (Å²) >= 11 is 0. The molecule has 2 N–H and O–H groups in total. The molecule has 0 unspecified atom stereocenters. The van der Waals surface area contributed by atoms with E-state index in [-0.39, 0.29) is 5.69 Å². The zero-order chi connectivity index (χ0) is 11.7. The number of hydrogen-bond acceptors (Lipinski definition) is 1. The van der Waals surface area contributed by atoms with Crippen LogP contribution in [0.15, 0.2) is 30.5 Å². The van der Waals surface area contributed by atoms with Crippen LogP contribution in [0.1, 0.15) is 21.6 Å². The molecule has 0 amide bonds. The molecule has 0 fully saturated rings. The standard InChI is InChI=1S/C13H13NO2/c1-8-3-4-10(9(2)7-8)11-5-6-14-12(11)13(15)16/h3-7,14H,1-2H3,(H,15,16). The van der Waals surface area contributed by atoms with Gasteiger partial charge in [-0.25, -0.2) is 4.79 Å². The molecule has 82 valence electrons. The van der Waals surface area contributed by atoms with Gasteiger partial charge in [0.15, 0.2) is 0 Å². The van der Waals surface area contributed by atoms with Crippen molar-refractivity contribution in [1.82, 2.24) is 4.98 Å². The van der Waals surface area contributed by atoms with Gasteiger partial charge in [0, 0.05) is 11.8 Å². The summed E-state index contributed by atoms with van der Waals surface area (Å²) in [6, 6.07) is 7.79. The summed E-state index contributed by atoms with van der Waals surface area (Å²) in [7, 11) is 0. The second kappa shape index (κ2) is 3.85. The first-order valence-electron chi connectivity index (χ1n) is 5.08. The van der Waals surface area contributed by atoms with Crippen LogP contribution in [0.4, 0.5) is 0 Å². The molecule has 0 saturated carbocycles. The topological polar surface area (TPSA) is 53.1 Å². The third-order valence-corrected chi connectivity index (χ3v) is 2.63. The zero-order valence-electron chi connectivity index (χ0n) is 9.24. The van der Waals surface area contributed by atoms with Gasteiger partial charge in [0.1, 0.15) is 5.69 Å². The highest BCUT2D eigenvalue weighted by molar-refractivity contribution is 5.94. The van der Waals surface area contributed by atoms with Crippen LogP contribution in [-0.2, 0) is 0 Å². The van der Waals surface area contributed by atoms with Crippen LogP contribution < -0.4 is 0 Å². The quantitative estimate of drug-likeness (QED) is 0.809. The fourth-order valence-electron chi connectivity index (χ4n) is 1.89. The molecule has 0 atom stereocenters. The van der Waals surface area contributed by atoms with Crippen molar-refractivity contribution in [3.8, 4) is 11.1 Å². The summed E-state index contributed by atoms with van der Waals surface area (Å²) in [6.45, 7) is 4.01. The number of rotatable bonds is 2. The Morgan fingerprint density at radius 2 is 1.94 bits per heavy atom. The molecule has 0 bridgehead atoms. The lowest BCUT2D eigenvalue weighted by Gasteiger charge is -2.06. The number of hydrogen-bond donors (Lipinski definition) is 2. The fraction of sp³-hybridized carbons (Fsp3) is 0.154. The van der Waals surface area contributed by atoms with E-state index < -0.39 is 5.97 Å². The second-order valence-electron chi connectivity index (χ2n) is 3.89. The fourth-order valence-corrected chi connectivity index (χ4v) is 1.89. The van der Waals surface area contributed by atoms with Crippen molar-refractivity contribution in [2.24, 2.45) is 0 Å². The maximum absolute atomic E-state index is 11.0. The number of benzene rings is 1. The first-order valence-corrected chi connectivity index (χ1v) is 5.08. The van der Waals surface area contributed by atoms with Crippen molar-refractivity contribution < 1.29 is 9.90 Å². The molecular weight excluding hydrogens is 202 g/mol. The highest BCUT2D eigenvalue weighted by Crippen LogP contribution is 2.26. The smallest absolute Gasteiger partial charge is 0.352 e. The Morgan fingerprint density at radius 3 is 2.56 bits per heavy atom. The summed E-state index contributed by atoms with van der Waals surface area (Å²) in [6.07, 6.45) is 1.65. The Bertz CT molecular complexity index is 541. The maximum atomic E-state index is 11.0. The lowest BCUT2D eigenvalue weighted by Crippen LogP contribution is -1.99. The Morgan fingerprint density at radius 1 is 1.19 bits per heavy atom. The van der Waals surface area contributed by atoms with Gasteiger partial charge in [-0.3, -0.25) is 0 Å². The Balaban J connectivity index is 2.59. The van der Waals surface area contributed by atoms with E-state index in [0.29, 0.717) is 0 Å². The van der Waals surface area contributed by atoms with Crippen molar-refractivity contribution in [3.05, 3.63) is 47.3 Å². The molecule has 1 aromatic carbocycles. The molecule has 2 aromatic rings. The number of aromatic amines is 1. The van der Waals surface area contributed by atoms with Gasteiger partial charge in [-0.05, 0) is 31.0 Å². The number of aromatic nitrogens is 1. The molecule has 16 heavy (non-hydrogen) atoms. The molecule has 1 aromatic heterocycles. The van der Waals surface area contributed by atoms with Gasteiger partial charge < -0.3 is 10.1 Å². The highest BCUT2D eigenvalue weighted by atomic mass is 16.4. The first-order chi connectivity index (χ1) is 7.59. The monoisotopic (exact) mass is 215 g/mol. The van der Waals surface area contributed by atoms with Gasteiger partial charge in [0.25, 0.3) is 0 Å². The minimum Gasteiger partial charge on any atom is -0.477 e. The molecule has 0 aliphatic rings. The van der Waals surface area contributed by atoms with Gasteiger partial charge in [0.05, 0.1) is 0 Å². The van der Waals surface area contributed by atoms with Gasteiger partial charge in [0.2, 0.25) is 0 Å². The third-order valence-electron chi connectivity index (χ3n) is 2.63. The van der Waals surface area contributed by atoms with E-state index >= 15 is 0 Å². The SMILES string of the molecule is Cc1ccc(-c2cc[nH]c2C(=O)O)c(C)c1. The summed E-state index contributed by atoms with van der Waals surface area (Å²) in [5, 5.41) is 9.03. The van der Waals surface area contributed by atoms with E-state index in [9.17, 15) is 4.79 Å². The van der Waals surface area contributed by atoms with Crippen LogP contribution in [0.25, 0.3) is 11.1 Å². The average molecular weight is 215 g/mol. The number of aromatic carboxylic acids is 1. The Kier molecular flexibility index (Phi) is 2.52. The van der Waals surface area contributed by atoms with Gasteiger partial charge >= 0.3 is 5.97 Å². The Labute approximate surface area is 93.7 Å². The third kappa shape index (κ3) is 1.72. The molecule has 0 aliphatic heterocycles. The van der Waals surface area contributed by atoms with E-state index in [4.69, 9.17) is 5.11 Å². The van der Waals surface area contributed by atoms with Crippen LogP contribution >= 0.6 is 0 Å². The van der Waals surface area contributed by atoms with Gasteiger partial charge in [-0.15, -0.1) is 0 Å². The van der Waals surface area contributed by atoms with Crippen LogP contribution in [0.5, 0.6) is 0 Å². The highest BCUT2D eigenvalue weighted by Gasteiger charge is 2.13. The van der Waals surface area contributed by atoms with Gasteiger partial charge in [-0.2, -0.15) is 0 Å². The molecule has 0 radical (unpaired) electrons.